The molecule has 2 heterocycles. The Hall–Kier alpha value is -1.47. The molecule has 1 atom stereocenters. The fourth-order valence-corrected chi connectivity index (χ4v) is 4.18. The minimum atomic E-state index is -0.0556. The first-order valence-corrected chi connectivity index (χ1v) is 9.74. The van der Waals surface area contributed by atoms with Crippen molar-refractivity contribution in [2.75, 3.05) is 19.7 Å². The van der Waals surface area contributed by atoms with Gasteiger partial charge in [0.2, 0.25) is 0 Å². The Morgan fingerprint density at radius 1 is 1.28 bits per heavy atom. The topological polar surface area (TPSA) is 86.3 Å². The molecular formula is C18H29N5O2. The minimum Gasteiger partial charge on any atom is -0.466 e. The van der Waals surface area contributed by atoms with Gasteiger partial charge >= 0.3 is 5.97 Å². The van der Waals surface area contributed by atoms with Crippen LogP contribution in [-0.2, 0) is 16.1 Å². The summed E-state index contributed by atoms with van der Waals surface area (Å²) in [6.07, 6.45) is 6.46. The van der Waals surface area contributed by atoms with Crippen LogP contribution in [0.15, 0.2) is 0 Å². The third-order valence-corrected chi connectivity index (χ3v) is 5.73. The number of likely N-dealkylation sites (tertiary alicyclic amines) is 1. The van der Waals surface area contributed by atoms with Crippen LogP contribution in [0.3, 0.4) is 0 Å². The number of rotatable bonds is 6. The van der Waals surface area contributed by atoms with Gasteiger partial charge in [-0.3, -0.25) is 9.69 Å². The molecule has 1 aliphatic heterocycles. The van der Waals surface area contributed by atoms with E-state index in [1.807, 2.05) is 6.92 Å². The summed E-state index contributed by atoms with van der Waals surface area (Å²) in [6.45, 7) is 4.87. The zero-order chi connectivity index (χ0) is 17.4. The summed E-state index contributed by atoms with van der Waals surface area (Å²) in [5.41, 5.74) is 5.96. The summed E-state index contributed by atoms with van der Waals surface area (Å²) < 4.78 is 7.59. The first-order chi connectivity index (χ1) is 12.2. The van der Waals surface area contributed by atoms with Crippen molar-refractivity contribution in [2.45, 2.75) is 70.0 Å². The van der Waals surface area contributed by atoms with Crippen LogP contribution in [0.1, 0.15) is 69.1 Å². The lowest BCUT2D eigenvalue weighted by atomic mass is 9.80. The number of ether oxygens (including phenoxy) is 1. The van der Waals surface area contributed by atoms with Gasteiger partial charge in [-0.2, -0.15) is 0 Å². The van der Waals surface area contributed by atoms with Crippen LogP contribution >= 0.6 is 0 Å². The molecule has 138 valence electrons. The van der Waals surface area contributed by atoms with Gasteiger partial charge in [-0.1, -0.05) is 0 Å². The average Bonchev–Trinajstić information content (AvgIpc) is 3.34. The third-order valence-electron chi connectivity index (χ3n) is 5.73. The minimum absolute atomic E-state index is 0.00454. The van der Waals surface area contributed by atoms with Crippen LogP contribution in [0.2, 0.25) is 0 Å². The molecule has 0 unspecified atom stereocenters. The largest absolute Gasteiger partial charge is 0.466 e. The Morgan fingerprint density at radius 2 is 2.08 bits per heavy atom. The summed E-state index contributed by atoms with van der Waals surface area (Å²) in [5.74, 6) is 2.61. The standard InChI is InChI=1S/C18H29N5O2/c1-2-25-18(24)12-4-3-7-22(10-12)11-16-20-21-17(13-8-14(19)9-13)23(16)15-5-6-15/h12-15H,2-11,19H2,1H3/t12-,13?,14?/m0/s1. The lowest BCUT2D eigenvalue weighted by Gasteiger charge is -2.33. The summed E-state index contributed by atoms with van der Waals surface area (Å²) in [5, 5.41) is 9.04. The zero-order valence-electron chi connectivity index (χ0n) is 15.1. The predicted octanol–water partition coefficient (Wildman–Crippen LogP) is 1.59. The second-order valence-corrected chi connectivity index (χ2v) is 7.83. The van der Waals surface area contributed by atoms with Crippen molar-refractivity contribution < 1.29 is 9.53 Å². The SMILES string of the molecule is CCOC(=O)[C@H]1CCCN(Cc2nnc(C3CC(N)C3)n2C2CC2)C1. The summed E-state index contributed by atoms with van der Waals surface area (Å²) >= 11 is 0. The van der Waals surface area contributed by atoms with Crippen molar-refractivity contribution in [3.8, 4) is 0 Å². The second kappa shape index (κ2) is 7.03. The maximum atomic E-state index is 12.1. The van der Waals surface area contributed by atoms with Crippen molar-refractivity contribution in [1.82, 2.24) is 19.7 Å². The number of hydrogen-bond donors (Lipinski definition) is 1. The second-order valence-electron chi connectivity index (χ2n) is 7.83. The number of aromatic nitrogens is 3. The fourth-order valence-electron chi connectivity index (χ4n) is 4.18. The molecule has 0 spiro atoms. The van der Waals surface area contributed by atoms with E-state index < -0.39 is 0 Å². The van der Waals surface area contributed by atoms with Crippen LogP contribution in [0, 0.1) is 5.92 Å². The van der Waals surface area contributed by atoms with E-state index in [4.69, 9.17) is 10.5 Å². The molecular weight excluding hydrogens is 318 g/mol. The monoisotopic (exact) mass is 347 g/mol. The number of piperidine rings is 1. The van der Waals surface area contributed by atoms with Gasteiger partial charge < -0.3 is 15.0 Å². The molecule has 1 aromatic rings. The average molecular weight is 347 g/mol. The Labute approximate surface area is 148 Å². The number of esters is 1. The van der Waals surface area contributed by atoms with E-state index in [1.54, 1.807) is 0 Å². The van der Waals surface area contributed by atoms with E-state index in [1.165, 1.54) is 12.8 Å². The highest BCUT2D eigenvalue weighted by atomic mass is 16.5. The molecule has 0 amide bonds. The summed E-state index contributed by atoms with van der Waals surface area (Å²) in [6, 6.07) is 0.896. The third kappa shape index (κ3) is 3.58. The molecule has 1 saturated heterocycles. The number of carbonyl (C=O) groups excluding carboxylic acids is 1. The molecule has 25 heavy (non-hydrogen) atoms. The van der Waals surface area contributed by atoms with Gasteiger partial charge in [-0.05, 0) is 52.0 Å². The van der Waals surface area contributed by atoms with Crippen molar-refractivity contribution in [2.24, 2.45) is 11.7 Å². The van der Waals surface area contributed by atoms with Crippen molar-refractivity contribution in [3.63, 3.8) is 0 Å². The molecule has 2 aliphatic carbocycles. The highest BCUT2D eigenvalue weighted by molar-refractivity contribution is 5.72. The van der Waals surface area contributed by atoms with Gasteiger partial charge in [-0.15, -0.1) is 10.2 Å². The van der Waals surface area contributed by atoms with Crippen LogP contribution < -0.4 is 5.73 Å². The van der Waals surface area contributed by atoms with Gasteiger partial charge in [0.05, 0.1) is 19.1 Å². The van der Waals surface area contributed by atoms with Crippen molar-refractivity contribution in [3.05, 3.63) is 11.6 Å². The molecule has 2 saturated carbocycles. The normalized spacial score (nSPS) is 30.1. The Kier molecular flexibility index (Phi) is 4.78. The van der Waals surface area contributed by atoms with Crippen LogP contribution in [0.25, 0.3) is 0 Å². The molecule has 4 rings (SSSR count). The summed E-state index contributed by atoms with van der Waals surface area (Å²) in [7, 11) is 0. The van der Waals surface area contributed by atoms with E-state index >= 15 is 0 Å². The molecule has 7 heteroatoms. The highest BCUT2D eigenvalue weighted by Crippen LogP contribution is 2.42. The van der Waals surface area contributed by atoms with Crippen LogP contribution in [0.4, 0.5) is 0 Å². The first-order valence-electron chi connectivity index (χ1n) is 9.74. The lowest BCUT2D eigenvalue weighted by molar-refractivity contribution is -0.150. The summed E-state index contributed by atoms with van der Waals surface area (Å²) in [4.78, 5) is 14.4. The molecule has 0 bridgehead atoms. The predicted molar refractivity (Wildman–Crippen MR) is 92.9 cm³/mol. The Bertz CT molecular complexity index is 621. The number of nitrogens with zero attached hydrogens (tertiary/aromatic N) is 4. The van der Waals surface area contributed by atoms with E-state index in [-0.39, 0.29) is 11.9 Å². The molecule has 0 aromatic carbocycles. The van der Waals surface area contributed by atoms with E-state index in [2.05, 4.69) is 19.7 Å². The van der Waals surface area contributed by atoms with Gasteiger partial charge in [0.25, 0.3) is 0 Å². The fraction of sp³-hybridized carbons (Fsp3) is 0.833. The van der Waals surface area contributed by atoms with Gasteiger partial charge in [0.15, 0.2) is 0 Å². The number of carbonyl (C=O) groups is 1. The van der Waals surface area contributed by atoms with Crippen LogP contribution in [-0.4, -0.2) is 51.4 Å². The first kappa shape index (κ1) is 17.0. The maximum absolute atomic E-state index is 12.1. The van der Waals surface area contributed by atoms with Gasteiger partial charge in [0, 0.05) is 24.5 Å². The van der Waals surface area contributed by atoms with Gasteiger partial charge in [0.1, 0.15) is 11.6 Å². The van der Waals surface area contributed by atoms with E-state index in [0.29, 0.717) is 24.6 Å². The molecule has 2 N–H and O–H groups in total. The van der Waals surface area contributed by atoms with Crippen molar-refractivity contribution in [1.29, 1.82) is 0 Å². The molecule has 0 radical (unpaired) electrons. The lowest BCUT2D eigenvalue weighted by Crippen LogP contribution is -2.39. The zero-order valence-corrected chi connectivity index (χ0v) is 15.1. The maximum Gasteiger partial charge on any atom is 0.310 e. The molecule has 3 fully saturated rings. The van der Waals surface area contributed by atoms with E-state index in [0.717, 1.165) is 57.0 Å². The number of hydrogen-bond acceptors (Lipinski definition) is 6. The Balaban J connectivity index is 1.44. The molecule has 3 aliphatic rings. The van der Waals surface area contributed by atoms with Crippen LogP contribution in [0.5, 0.6) is 0 Å². The van der Waals surface area contributed by atoms with Gasteiger partial charge in [-0.25, -0.2) is 0 Å². The smallest absolute Gasteiger partial charge is 0.310 e. The number of nitrogens with two attached hydrogens (primary N) is 1. The Morgan fingerprint density at radius 3 is 2.76 bits per heavy atom. The molecule has 1 aromatic heterocycles. The molecule has 7 nitrogen and oxygen atoms in total. The van der Waals surface area contributed by atoms with Crippen molar-refractivity contribution >= 4 is 5.97 Å². The quantitative estimate of drug-likeness (QED) is 0.787. The van der Waals surface area contributed by atoms with E-state index in [9.17, 15) is 4.79 Å². The highest BCUT2D eigenvalue weighted by Gasteiger charge is 2.37.